The Hall–Kier alpha value is -1.86. The van der Waals surface area contributed by atoms with Gasteiger partial charge >= 0.3 is 6.18 Å². The molecule has 0 saturated heterocycles. The van der Waals surface area contributed by atoms with E-state index in [9.17, 15) is 13.2 Å². The number of ether oxygens (including phenoxy) is 1. The molecule has 0 atom stereocenters. The molecule has 2 aromatic rings. The van der Waals surface area contributed by atoms with Crippen LogP contribution in [0.3, 0.4) is 0 Å². The summed E-state index contributed by atoms with van der Waals surface area (Å²) in [7, 11) is 1.38. The highest BCUT2D eigenvalue weighted by Gasteiger charge is 2.37. The number of hydrogen-bond donors (Lipinski definition) is 0. The van der Waals surface area contributed by atoms with Gasteiger partial charge in [-0.3, -0.25) is 0 Å². The lowest BCUT2D eigenvalue weighted by atomic mass is 10.5. The van der Waals surface area contributed by atoms with Crippen LogP contribution in [0.15, 0.2) is 12.3 Å². The fraction of sp³-hybridized carbons (Fsp3) is 0.286. The van der Waals surface area contributed by atoms with E-state index in [0.717, 1.165) is 6.20 Å². The molecule has 0 aliphatic rings. The lowest BCUT2D eigenvalue weighted by Gasteiger charge is -2.03. The third-order valence-electron chi connectivity index (χ3n) is 1.73. The lowest BCUT2D eigenvalue weighted by Crippen LogP contribution is -2.12. The van der Waals surface area contributed by atoms with E-state index in [2.05, 4.69) is 15.3 Å². The first-order valence-electron chi connectivity index (χ1n) is 3.85. The highest BCUT2D eigenvalue weighted by molar-refractivity contribution is 5.41. The molecule has 80 valence electrons. The van der Waals surface area contributed by atoms with E-state index in [0.29, 0.717) is 10.3 Å². The molecule has 0 N–H and O–H groups in total. The summed E-state index contributed by atoms with van der Waals surface area (Å²) in [5.74, 6) is -0.830. The first-order chi connectivity index (χ1) is 7.02. The minimum absolute atomic E-state index is 0.0123. The smallest absolute Gasteiger partial charge is 0.453 e. The average Bonchev–Trinajstić information content (AvgIpc) is 2.59. The molecule has 0 fully saturated rings. The van der Waals surface area contributed by atoms with Crippen molar-refractivity contribution < 1.29 is 17.9 Å². The monoisotopic (exact) mass is 218 g/mol. The summed E-state index contributed by atoms with van der Waals surface area (Å²) >= 11 is 0. The predicted molar refractivity (Wildman–Crippen MR) is 42.3 cm³/mol. The molecule has 15 heavy (non-hydrogen) atoms. The Labute approximate surface area is 81.5 Å². The number of fused-ring (bicyclic) bond motifs is 1. The molecule has 0 radical (unpaired) electrons. The summed E-state index contributed by atoms with van der Waals surface area (Å²) < 4.78 is 42.4. The molecule has 0 amide bonds. The largest absolute Gasteiger partial charge is 0.495 e. The molecule has 2 aromatic heterocycles. The predicted octanol–water partition coefficient (Wildman–Crippen LogP) is 1.15. The maximum atomic E-state index is 12.3. The van der Waals surface area contributed by atoms with Crippen LogP contribution in [0.1, 0.15) is 5.82 Å². The van der Waals surface area contributed by atoms with Gasteiger partial charge in [0.05, 0.1) is 13.3 Å². The summed E-state index contributed by atoms with van der Waals surface area (Å²) in [6.07, 6.45) is -3.41. The van der Waals surface area contributed by atoms with Crippen molar-refractivity contribution in [2.24, 2.45) is 0 Å². The SMILES string of the molecule is COc1cnn2c(C(F)(F)F)nnc2c1. The molecule has 5 nitrogen and oxygen atoms in total. The zero-order chi connectivity index (χ0) is 11.1. The van der Waals surface area contributed by atoms with Gasteiger partial charge in [0.2, 0.25) is 0 Å². The summed E-state index contributed by atoms with van der Waals surface area (Å²) in [6, 6.07) is 1.31. The zero-order valence-corrected chi connectivity index (χ0v) is 7.49. The maximum absolute atomic E-state index is 12.3. The summed E-state index contributed by atoms with van der Waals surface area (Å²) in [6.45, 7) is 0. The second kappa shape index (κ2) is 3.07. The van der Waals surface area contributed by atoms with Gasteiger partial charge in [-0.15, -0.1) is 10.2 Å². The van der Waals surface area contributed by atoms with Gasteiger partial charge in [0.15, 0.2) is 5.65 Å². The van der Waals surface area contributed by atoms with E-state index in [4.69, 9.17) is 4.74 Å². The molecular formula is C7H5F3N4O. The van der Waals surface area contributed by atoms with E-state index < -0.39 is 12.0 Å². The van der Waals surface area contributed by atoms with Crippen LogP contribution in [0, 0.1) is 0 Å². The van der Waals surface area contributed by atoms with Crippen LogP contribution in [0.5, 0.6) is 5.75 Å². The first-order valence-corrected chi connectivity index (χ1v) is 3.85. The second-order valence-electron chi connectivity index (χ2n) is 2.69. The molecule has 0 unspecified atom stereocenters. The van der Waals surface area contributed by atoms with Crippen LogP contribution in [-0.2, 0) is 6.18 Å². The summed E-state index contributed by atoms with van der Waals surface area (Å²) in [5.41, 5.74) is -0.0123. The second-order valence-corrected chi connectivity index (χ2v) is 2.69. The van der Waals surface area contributed by atoms with Crippen molar-refractivity contribution in [3.8, 4) is 5.75 Å². The Kier molecular flexibility index (Phi) is 1.98. The van der Waals surface area contributed by atoms with Crippen molar-refractivity contribution in [1.29, 1.82) is 0 Å². The molecule has 0 aliphatic heterocycles. The van der Waals surface area contributed by atoms with Crippen LogP contribution in [-0.4, -0.2) is 26.9 Å². The van der Waals surface area contributed by atoms with Gasteiger partial charge in [0, 0.05) is 6.07 Å². The van der Waals surface area contributed by atoms with Crippen LogP contribution in [0.4, 0.5) is 13.2 Å². The Balaban J connectivity index is 2.62. The van der Waals surface area contributed by atoms with E-state index in [1.165, 1.54) is 13.2 Å². The molecule has 2 heterocycles. The molecular weight excluding hydrogens is 213 g/mol. The first kappa shape index (κ1) is 9.69. The van der Waals surface area contributed by atoms with Gasteiger partial charge in [-0.05, 0) is 0 Å². The normalized spacial score (nSPS) is 12.0. The van der Waals surface area contributed by atoms with Crippen LogP contribution in [0.25, 0.3) is 5.65 Å². The molecule has 8 heteroatoms. The number of hydrogen-bond acceptors (Lipinski definition) is 4. The third kappa shape index (κ3) is 1.58. The Bertz CT molecular complexity index is 492. The molecule has 0 saturated carbocycles. The number of halogens is 3. The van der Waals surface area contributed by atoms with Gasteiger partial charge in [-0.2, -0.15) is 22.8 Å². The van der Waals surface area contributed by atoms with E-state index >= 15 is 0 Å². The van der Waals surface area contributed by atoms with Crippen molar-refractivity contribution in [2.45, 2.75) is 6.18 Å². The highest BCUT2D eigenvalue weighted by Crippen LogP contribution is 2.27. The Morgan fingerprint density at radius 3 is 2.67 bits per heavy atom. The average molecular weight is 218 g/mol. The number of methoxy groups -OCH3 is 1. The van der Waals surface area contributed by atoms with Crippen molar-refractivity contribution >= 4 is 5.65 Å². The fourth-order valence-corrected chi connectivity index (χ4v) is 1.06. The van der Waals surface area contributed by atoms with Crippen LogP contribution >= 0.6 is 0 Å². The third-order valence-corrected chi connectivity index (χ3v) is 1.73. The van der Waals surface area contributed by atoms with Gasteiger partial charge in [0.25, 0.3) is 5.82 Å². The van der Waals surface area contributed by atoms with E-state index in [-0.39, 0.29) is 5.65 Å². The molecule has 0 bridgehead atoms. The molecule has 0 aromatic carbocycles. The maximum Gasteiger partial charge on any atom is 0.453 e. The zero-order valence-electron chi connectivity index (χ0n) is 7.49. The molecule has 0 spiro atoms. The summed E-state index contributed by atoms with van der Waals surface area (Å²) in [5, 5.41) is 9.88. The van der Waals surface area contributed by atoms with Gasteiger partial charge in [-0.1, -0.05) is 0 Å². The van der Waals surface area contributed by atoms with Crippen LogP contribution in [0.2, 0.25) is 0 Å². The van der Waals surface area contributed by atoms with Crippen molar-refractivity contribution in [1.82, 2.24) is 19.8 Å². The standard InChI is InChI=1S/C7H5F3N4O/c1-15-4-2-5-12-13-6(7(8,9)10)14(5)11-3-4/h2-3H,1H3. The van der Waals surface area contributed by atoms with E-state index in [1.807, 2.05) is 0 Å². The fourth-order valence-electron chi connectivity index (χ4n) is 1.06. The van der Waals surface area contributed by atoms with E-state index in [1.54, 1.807) is 0 Å². The van der Waals surface area contributed by atoms with Gasteiger partial charge < -0.3 is 4.74 Å². The number of nitrogens with zero attached hydrogens (tertiary/aromatic N) is 4. The van der Waals surface area contributed by atoms with Crippen molar-refractivity contribution in [2.75, 3.05) is 7.11 Å². The quantitative estimate of drug-likeness (QED) is 0.720. The topological polar surface area (TPSA) is 52.3 Å². The van der Waals surface area contributed by atoms with Crippen molar-refractivity contribution in [3.05, 3.63) is 18.1 Å². The Morgan fingerprint density at radius 2 is 2.07 bits per heavy atom. The van der Waals surface area contributed by atoms with Crippen molar-refractivity contribution in [3.63, 3.8) is 0 Å². The minimum atomic E-state index is -4.57. The molecule has 2 rings (SSSR count). The highest BCUT2D eigenvalue weighted by atomic mass is 19.4. The van der Waals surface area contributed by atoms with Crippen LogP contribution < -0.4 is 4.74 Å². The van der Waals surface area contributed by atoms with Gasteiger partial charge in [0.1, 0.15) is 5.75 Å². The lowest BCUT2D eigenvalue weighted by molar-refractivity contribution is -0.146. The number of aromatic nitrogens is 4. The molecule has 0 aliphatic carbocycles. The Morgan fingerprint density at radius 1 is 1.33 bits per heavy atom. The van der Waals surface area contributed by atoms with Gasteiger partial charge in [-0.25, -0.2) is 0 Å². The number of rotatable bonds is 1. The summed E-state index contributed by atoms with van der Waals surface area (Å²) in [4.78, 5) is 0. The number of alkyl halides is 3. The minimum Gasteiger partial charge on any atom is -0.495 e.